The standard InChI is InChI=1S/C16H17FN4O3/c1-16(2)23-10-13(24-16)9-22-8-12-7-21(20-19-12)15-11(6-18)4-3-5-14(15)17/h3-5,7,13H,8-10H2,1-2H3. The molecule has 1 aromatic carbocycles. The maximum Gasteiger partial charge on any atom is 0.163 e. The van der Waals surface area contributed by atoms with E-state index in [1.165, 1.54) is 29.1 Å². The molecule has 1 aromatic heterocycles. The topological polar surface area (TPSA) is 82.2 Å². The first-order valence-corrected chi connectivity index (χ1v) is 7.48. The second-order valence-corrected chi connectivity index (χ2v) is 5.87. The van der Waals surface area contributed by atoms with E-state index in [1.807, 2.05) is 19.9 Å². The first-order valence-electron chi connectivity index (χ1n) is 7.48. The maximum atomic E-state index is 14.0. The number of ether oxygens (including phenoxy) is 3. The van der Waals surface area contributed by atoms with Crippen molar-refractivity contribution < 1.29 is 18.6 Å². The monoisotopic (exact) mass is 332 g/mol. The van der Waals surface area contributed by atoms with E-state index in [9.17, 15) is 4.39 Å². The number of hydrogen-bond donors (Lipinski definition) is 0. The smallest absolute Gasteiger partial charge is 0.163 e. The zero-order valence-corrected chi connectivity index (χ0v) is 13.4. The maximum absolute atomic E-state index is 14.0. The molecule has 0 radical (unpaired) electrons. The summed E-state index contributed by atoms with van der Waals surface area (Å²) in [7, 11) is 0. The van der Waals surface area contributed by atoms with Crippen LogP contribution in [0.25, 0.3) is 5.69 Å². The van der Waals surface area contributed by atoms with E-state index in [-0.39, 0.29) is 24.0 Å². The van der Waals surface area contributed by atoms with Crippen LogP contribution in [0.1, 0.15) is 25.1 Å². The van der Waals surface area contributed by atoms with Crippen LogP contribution in [-0.4, -0.2) is 40.1 Å². The Hall–Kier alpha value is -2.34. The van der Waals surface area contributed by atoms with Crippen molar-refractivity contribution in [3.05, 3.63) is 41.5 Å². The Kier molecular flexibility index (Phi) is 4.57. The molecule has 1 fully saturated rings. The number of halogens is 1. The summed E-state index contributed by atoms with van der Waals surface area (Å²) in [6.45, 7) is 4.73. The number of hydrogen-bond acceptors (Lipinski definition) is 6. The summed E-state index contributed by atoms with van der Waals surface area (Å²) >= 11 is 0. The van der Waals surface area contributed by atoms with Gasteiger partial charge in [-0.15, -0.1) is 5.10 Å². The van der Waals surface area contributed by atoms with Gasteiger partial charge in [-0.05, 0) is 26.0 Å². The summed E-state index contributed by atoms with van der Waals surface area (Å²) in [4.78, 5) is 0. The molecular weight excluding hydrogens is 315 g/mol. The normalized spacial score (nSPS) is 19.3. The number of nitriles is 1. The van der Waals surface area contributed by atoms with Gasteiger partial charge >= 0.3 is 0 Å². The van der Waals surface area contributed by atoms with Crippen molar-refractivity contribution in [2.45, 2.75) is 32.3 Å². The molecule has 0 spiro atoms. The third kappa shape index (κ3) is 3.59. The van der Waals surface area contributed by atoms with E-state index in [0.717, 1.165) is 0 Å². The molecule has 1 aliphatic rings. The van der Waals surface area contributed by atoms with Crippen LogP contribution in [0.2, 0.25) is 0 Å². The third-order valence-corrected chi connectivity index (χ3v) is 3.50. The highest BCUT2D eigenvalue weighted by atomic mass is 19.1. The minimum absolute atomic E-state index is 0.0769. The van der Waals surface area contributed by atoms with E-state index < -0.39 is 11.6 Å². The summed E-state index contributed by atoms with van der Waals surface area (Å²) in [5.74, 6) is -1.12. The molecule has 126 valence electrons. The van der Waals surface area contributed by atoms with E-state index in [1.54, 1.807) is 0 Å². The zero-order valence-electron chi connectivity index (χ0n) is 13.4. The lowest BCUT2D eigenvalue weighted by Gasteiger charge is -2.16. The van der Waals surface area contributed by atoms with Gasteiger partial charge in [0.25, 0.3) is 0 Å². The van der Waals surface area contributed by atoms with Gasteiger partial charge in [-0.25, -0.2) is 9.07 Å². The third-order valence-electron chi connectivity index (χ3n) is 3.50. The van der Waals surface area contributed by atoms with Crippen LogP contribution in [0.15, 0.2) is 24.4 Å². The predicted molar refractivity (Wildman–Crippen MR) is 80.6 cm³/mol. The molecular formula is C16H17FN4O3. The molecule has 0 N–H and O–H groups in total. The van der Waals surface area contributed by atoms with Crippen LogP contribution in [-0.2, 0) is 20.8 Å². The highest BCUT2D eigenvalue weighted by Crippen LogP contribution is 2.22. The SMILES string of the molecule is CC1(C)OCC(COCc2cn(-c3c(F)cccc3C#N)nn2)O1. The Bertz CT molecular complexity index is 769. The van der Waals surface area contributed by atoms with Gasteiger partial charge in [0, 0.05) is 0 Å². The van der Waals surface area contributed by atoms with Crippen molar-refractivity contribution in [1.82, 2.24) is 15.0 Å². The van der Waals surface area contributed by atoms with Crippen molar-refractivity contribution in [2.75, 3.05) is 13.2 Å². The van der Waals surface area contributed by atoms with Crippen LogP contribution >= 0.6 is 0 Å². The number of para-hydroxylation sites is 1. The van der Waals surface area contributed by atoms with Crippen LogP contribution in [0.4, 0.5) is 4.39 Å². The zero-order chi connectivity index (χ0) is 17.2. The van der Waals surface area contributed by atoms with E-state index in [4.69, 9.17) is 19.5 Å². The summed E-state index contributed by atoms with van der Waals surface area (Å²) in [6.07, 6.45) is 1.40. The van der Waals surface area contributed by atoms with Crippen molar-refractivity contribution in [3.8, 4) is 11.8 Å². The summed E-state index contributed by atoms with van der Waals surface area (Å²) < 4.78 is 31.8. The second-order valence-electron chi connectivity index (χ2n) is 5.87. The Balaban J connectivity index is 1.62. The Morgan fingerprint density at radius 2 is 2.33 bits per heavy atom. The van der Waals surface area contributed by atoms with Gasteiger partial charge in [-0.1, -0.05) is 11.3 Å². The van der Waals surface area contributed by atoms with E-state index in [2.05, 4.69) is 10.3 Å². The molecule has 1 saturated heterocycles. The molecule has 2 aromatic rings. The van der Waals surface area contributed by atoms with Gasteiger partial charge in [-0.2, -0.15) is 5.26 Å². The molecule has 1 aliphatic heterocycles. The fraction of sp³-hybridized carbons (Fsp3) is 0.438. The number of benzene rings is 1. The molecule has 0 amide bonds. The minimum atomic E-state index is -0.588. The van der Waals surface area contributed by atoms with Crippen LogP contribution in [0, 0.1) is 17.1 Å². The number of nitrogens with zero attached hydrogens (tertiary/aromatic N) is 4. The second kappa shape index (κ2) is 6.65. The van der Waals surface area contributed by atoms with E-state index >= 15 is 0 Å². The molecule has 0 bridgehead atoms. The Morgan fingerprint density at radius 1 is 1.50 bits per heavy atom. The lowest BCUT2D eigenvalue weighted by molar-refractivity contribution is -0.145. The molecule has 8 heteroatoms. The number of rotatable bonds is 5. The average molecular weight is 332 g/mol. The van der Waals surface area contributed by atoms with E-state index in [0.29, 0.717) is 18.9 Å². The van der Waals surface area contributed by atoms with Crippen molar-refractivity contribution in [2.24, 2.45) is 0 Å². The van der Waals surface area contributed by atoms with Gasteiger partial charge in [0.05, 0.1) is 31.6 Å². The molecule has 1 atom stereocenters. The quantitative estimate of drug-likeness (QED) is 0.832. The highest BCUT2D eigenvalue weighted by molar-refractivity contribution is 5.49. The molecule has 0 saturated carbocycles. The van der Waals surface area contributed by atoms with Crippen LogP contribution in [0.5, 0.6) is 0 Å². The largest absolute Gasteiger partial charge is 0.372 e. The molecule has 3 rings (SSSR count). The molecule has 1 unspecified atom stereocenters. The first kappa shape index (κ1) is 16.5. The van der Waals surface area contributed by atoms with Gasteiger partial charge < -0.3 is 14.2 Å². The highest BCUT2D eigenvalue weighted by Gasteiger charge is 2.32. The van der Waals surface area contributed by atoms with Gasteiger partial charge in [0.1, 0.15) is 29.4 Å². The molecule has 24 heavy (non-hydrogen) atoms. The fourth-order valence-electron chi connectivity index (χ4n) is 2.45. The fourth-order valence-corrected chi connectivity index (χ4v) is 2.45. The lowest BCUT2D eigenvalue weighted by Crippen LogP contribution is -2.24. The average Bonchev–Trinajstić information content (AvgIpc) is 3.13. The molecule has 2 heterocycles. The van der Waals surface area contributed by atoms with Crippen LogP contribution < -0.4 is 0 Å². The summed E-state index contributed by atoms with van der Waals surface area (Å²) in [5, 5.41) is 16.9. The minimum Gasteiger partial charge on any atom is -0.372 e. The van der Waals surface area contributed by atoms with Gasteiger partial charge in [0.15, 0.2) is 5.79 Å². The Morgan fingerprint density at radius 3 is 3.04 bits per heavy atom. The predicted octanol–water partition coefficient (Wildman–Crippen LogP) is 1.95. The number of aromatic nitrogens is 3. The Labute approximate surface area is 138 Å². The van der Waals surface area contributed by atoms with Crippen molar-refractivity contribution in [3.63, 3.8) is 0 Å². The van der Waals surface area contributed by atoms with Crippen LogP contribution in [0.3, 0.4) is 0 Å². The first-order chi connectivity index (χ1) is 11.5. The lowest BCUT2D eigenvalue weighted by atomic mass is 10.2. The molecule has 7 nitrogen and oxygen atoms in total. The van der Waals surface area contributed by atoms with Crippen molar-refractivity contribution >= 4 is 0 Å². The van der Waals surface area contributed by atoms with Gasteiger partial charge in [-0.3, -0.25) is 0 Å². The molecule has 0 aliphatic carbocycles. The summed E-state index contributed by atoms with van der Waals surface area (Å²) in [5.41, 5.74) is 0.791. The summed E-state index contributed by atoms with van der Waals surface area (Å²) in [6, 6.07) is 6.21. The van der Waals surface area contributed by atoms with Crippen molar-refractivity contribution in [1.29, 1.82) is 5.26 Å². The van der Waals surface area contributed by atoms with Gasteiger partial charge in [0.2, 0.25) is 0 Å².